The topological polar surface area (TPSA) is 116 Å². The molecule has 162 valence electrons. The average molecular weight is 473 g/mol. The molecule has 0 fully saturated rings. The van der Waals surface area contributed by atoms with Crippen molar-refractivity contribution in [2.75, 3.05) is 11.9 Å². The minimum Gasteiger partial charge on any atom is -0.452 e. The molecule has 0 radical (unpaired) electrons. The zero-order chi connectivity index (χ0) is 23.3. The fourth-order valence-electron chi connectivity index (χ4n) is 2.78. The maximum Gasteiger partial charge on any atom is 0.345 e. The Hall–Kier alpha value is -3.75. The third kappa shape index (κ3) is 5.48. The first-order chi connectivity index (χ1) is 15.3. The number of ketones is 1. The van der Waals surface area contributed by atoms with E-state index in [1.807, 2.05) is 0 Å². The van der Waals surface area contributed by atoms with E-state index in [2.05, 4.69) is 5.32 Å². The number of anilines is 1. The zero-order valence-corrected chi connectivity index (χ0v) is 17.7. The number of benzene rings is 3. The number of amides is 1. The lowest BCUT2D eigenvalue weighted by atomic mass is 10.0. The van der Waals surface area contributed by atoms with Gasteiger partial charge in [0, 0.05) is 27.2 Å². The number of nitro groups is 1. The number of rotatable bonds is 7. The van der Waals surface area contributed by atoms with Crippen LogP contribution in [-0.4, -0.2) is 29.2 Å². The van der Waals surface area contributed by atoms with E-state index in [-0.39, 0.29) is 27.6 Å². The van der Waals surface area contributed by atoms with Crippen molar-refractivity contribution < 1.29 is 24.0 Å². The van der Waals surface area contributed by atoms with Gasteiger partial charge in [0.25, 0.3) is 11.6 Å². The van der Waals surface area contributed by atoms with Gasteiger partial charge in [0.15, 0.2) is 12.4 Å². The molecule has 0 heterocycles. The highest BCUT2D eigenvalue weighted by atomic mass is 35.5. The summed E-state index contributed by atoms with van der Waals surface area (Å²) in [5, 5.41) is 14.0. The molecule has 0 atom stereocenters. The molecule has 0 spiro atoms. The van der Waals surface area contributed by atoms with Gasteiger partial charge in [-0.15, -0.1) is 0 Å². The Morgan fingerprint density at radius 3 is 2.19 bits per heavy atom. The third-order valence-electron chi connectivity index (χ3n) is 4.25. The SMILES string of the molecule is O=C(COC(=O)c1cc(Cl)ccc1[N+](=O)[O-])Nc1ccc(Cl)cc1C(=O)c1ccccc1. The predicted octanol–water partition coefficient (Wildman–Crippen LogP) is 4.93. The summed E-state index contributed by atoms with van der Waals surface area (Å²) in [5.74, 6) is -2.21. The van der Waals surface area contributed by atoms with Crippen LogP contribution in [0, 0.1) is 10.1 Å². The highest BCUT2D eigenvalue weighted by molar-refractivity contribution is 6.31. The van der Waals surface area contributed by atoms with Crippen molar-refractivity contribution in [2.24, 2.45) is 0 Å². The quantitative estimate of drug-likeness (QED) is 0.225. The summed E-state index contributed by atoms with van der Waals surface area (Å²) < 4.78 is 4.89. The number of nitrogens with zero attached hydrogens (tertiary/aromatic N) is 1. The molecule has 0 saturated carbocycles. The summed E-state index contributed by atoms with van der Waals surface area (Å²) in [6.45, 7) is -0.746. The maximum atomic E-state index is 12.8. The standard InChI is InChI=1S/C22H14Cl2N2O6/c23-14-6-8-18(16(10-14)21(28)13-4-2-1-3-5-13)25-20(27)12-32-22(29)17-11-15(24)7-9-19(17)26(30)31/h1-11H,12H2,(H,25,27). The number of esters is 1. The van der Waals surface area contributed by atoms with Crippen LogP contribution in [0.3, 0.4) is 0 Å². The Morgan fingerprint density at radius 1 is 0.906 bits per heavy atom. The van der Waals surface area contributed by atoms with Crippen LogP contribution in [0.25, 0.3) is 0 Å². The molecule has 0 saturated heterocycles. The number of halogens is 2. The van der Waals surface area contributed by atoms with E-state index in [0.29, 0.717) is 10.6 Å². The van der Waals surface area contributed by atoms with Crippen LogP contribution in [-0.2, 0) is 9.53 Å². The Bertz CT molecular complexity index is 1210. The van der Waals surface area contributed by atoms with Gasteiger partial charge in [-0.05, 0) is 30.3 Å². The van der Waals surface area contributed by atoms with Crippen LogP contribution < -0.4 is 5.32 Å². The molecule has 1 amide bonds. The number of nitrogens with one attached hydrogen (secondary N) is 1. The number of hydrogen-bond acceptors (Lipinski definition) is 6. The van der Waals surface area contributed by atoms with Crippen molar-refractivity contribution in [1.29, 1.82) is 0 Å². The molecule has 0 unspecified atom stereocenters. The van der Waals surface area contributed by atoms with Gasteiger partial charge in [0.1, 0.15) is 5.56 Å². The van der Waals surface area contributed by atoms with E-state index in [4.69, 9.17) is 27.9 Å². The predicted molar refractivity (Wildman–Crippen MR) is 118 cm³/mol. The Kier molecular flexibility index (Phi) is 7.19. The van der Waals surface area contributed by atoms with Gasteiger partial charge in [0.05, 0.1) is 10.6 Å². The second kappa shape index (κ2) is 10.0. The van der Waals surface area contributed by atoms with Gasteiger partial charge in [0.2, 0.25) is 0 Å². The van der Waals surface area contributed by atoms with Crippen molar-refractivity contribution >= 4 is 52.2 Å². The Labute approximate surface area is 191 Å². The fraction of sp³-hybridized carbons (Fsp3) is 0.0455. The first kappa shape index (κ1) is 22.9. The summed E-state index contributed by atoms with van der Waals surface area (Å²) in [6, 6.07) is 16.1. The number of carbonyl (C=O) groups excluding carboxylic acids is 3. The number of ether oxygens (including phenoxy) is 1. The molecule has 3 aromatic carbocycles. The lowest BCUT2D eigenvalue weighted by Gasteiger charge is -2.12. The Morgan fingerprint density at radius 2 is 1.53 bits per heavy atom. The lowest BCUT2D eigenvalue weighted by Crippen LogP contribution is -2.22. The van der Waals surface area contributed by atoms with E-state index >= 15 is 0 Å². The van der Waals surface area contributed by atoms with Crippen molar-refractivity contribution in [3.63, 3.8) is 0 Å². The van der Waals surface area contributed by atoms with Gasteiger partial charge < -0.3 is 10.1 Å². The molecule has 10 heteroatoms. The van der Waals surface area contributed by atoms with Crippen molar-refractivity contribution in [1.82, 2.24) is 0 Å². The second-order valence-corrected chi connectivity index (χ2v) is 7.30. The van der Waals surface area contributed by atoms with Crippen LogP contribution >= 0.6 is 23.2 Å². The first-order valence-electron chi connectivity index (χ1n) is 9.06. The number of nitro benzene ring substituents is 1. The molecule has 32 heavy (non-hydrogen) atoms. The summed E-state index contributed by atoms with van der Waals surface area (Å²) >= 11 is 11.8. The number of hydrogen-bond donors (Lipinski definition) is 1. The van der Waals surface area contributed by atoms with Gasteiger partial charge in [-0.1, -0.05) is 53.5 Å². The highest BCUT2D eigenvalue weighted by Crippen LogP contribution is 2.25. The number of carbonyl (C=O) groups is 3. The second-order valence-electron chi connectivity index (χ2n) is 6.43. The van der Waals surface area contributed by atoms with Gasteiger partial charge in [-0.2, -0.15) is 0 Å². The minimum absolute atomic E-state index is 0.0947. The molecule has 3 rings (SSSR count). The van der Waals surface area contributed by atoms with E-state index in [9.17, 15) is 24.5 Å². The highest BCUT2D eigenvalue weighted by Gasteiger charge is 2.23. The fourth-order valence-corrected chi connectivity index (χ4v) is 3.13. The van der Waals surface area contributed by atoms with E-state index in [1.165, 1.54) is 24.3 Å². The van der Waals surface area contributed by atoms with Gasteiger partial charge >= 0.3 is 5.97 Å². The van der Waals surface area contributed by atoms with Gasteiger partial charge in [-0.3, -0.25) is 19.7 Å². The molecule has 0 aliphatic carbocycles. The summed E-state index contributed by atoms with van der Waals surface area (Å²) in [7, 11) is 0. The maximum absolute atomic E-state index is 12.8. The first-order valence-corrected chi connectivity index (χ1v) is 9.82. The van der Waals surface area contributed by atoms with Crippen LogP contribution in [0.15, 0.2) is 66.7 Å². The van der Waals surface area contributed by atoms with Crippen LogP contribution in [0.2, 0.25) is 10.0 Å². The van der Waals surface area contributed by atoms with E-state index < -0.39 is 29.1 Å². The molecular weight excluding hydrogens is 459 g/mol. The van der Waals surface area contributed by atoms with Crippen molar-refractivity contribution in [3.8, 4) is 0 Å². The smallest absolute Gasteiger partial charge is 0.345 e. The normalized spacial score (nSPS) is 10.3. The van der Waals surface area contributed by atoms with Crippen molar-refractivity contribution in [2.45, 2.75) is 0 Å². The zero-order valence-electron chi connectivity index (χ0n) is 16.2. The monoisotopic (exact) mass is 472 g/mol. The lowest BCUT2D eigenvalue weighted by molar-refractivity contribution is -0.385. The van der Waals surface area contributed by atoms with Crippen LogP contribution in [0.5, 0.6) is 0 Å². The molecule has 0 aromatic heterocycles. The summed E-state index contributed by atoms with van der Waals surface area (Å²) in [5.41, 5.74) is -0.188. The molecule has 3 aromatic rings. The minimum atomic E-state index is -1.09. The molecule has 1 N–H and O–H groups in total. The van der Waals surface area contributed by atoms with Crippen LogP contribution in [0.4, 0.5) is 11.4 Å². The molecule has 0 aliphatic heterocycles. The molecule has 0 aliphatic rings. The Balaban J connectivity index is 1.74. The van der Waals surface area contributed by atoms with Crippen LogP contribution in [0.1, 0.15) is 26.3 Å². The van der Waals surface area contributed by atoms with Crippen molar-refractivity contribution in [3.05, 3.63) is 104 Å². The molecule has 0 bridgehead atoms. The average Bonchev–Trinajstić information content (AvgIpc) is 2.78. The van der Waals surface area contributed by atoms with E-state index in [1.54, 1.807) is 30.3 Å². The summed E-state index contributed by atoms with van der Waals surface area (Å²) in [4.78, 5) is 47.7. The summed E-state index contributed by atoms with van der Waals surface area (Å²) in [6.07, 6.45) is 0. The largest absolute Gasteiger partial charge is 0.452 e. The van der Waals surface area contributed by atoms with Gasteiger partial charge in [-0.25, -0.2) is 4.79 Å². The molecule has 8 nitrogen and oxygen atoms in total. The third-order valence-corrected chi connectivity index (χ3v) is 4.72. The van der Waals surface area contributed by atoms with E-state index in [0.717, 1.165) is 12.1 Å². The molecular formula is C22H14Cl2N2O6.